The molecule has 3 aromatic rings. The summed E-state index contributed by atoms with van der Waals surface area (Å²) < 4.78 is 40.5. The van der Waals surface area contributed by atoms with Crippen molar-refractivity contribution in [1.82, 2.24) is 10.2 Å². The van der Waals surface area contributed by atoms with Crippen molar-refractivity contribution in [3.8, 4) is 11.5 Å². The Morgan fingerprint density at radius 1 is 0.927 bits per heavy atom. The third-order valence-electron chi connectivity index (χ3n) is 6.20. The second-order valence-corrected chi connectivity index (χ2v) is 13.2. The number of sulfonamides is 1. The lowest BCUT2D eigenvalue weighted by molar-refractivity contribution is -0.140. The number of carbonyl (C=O) groups is 2. The zero-order chi connectivity index (χ0) is 30.4. The lowest BCUT2D eigenvalue weighted by Gasteiger charge is -2.33. The van der Waals surface area contributed by atoms with E-state index in [1.165, 1.54) is 37.3 Å². The van der Waals surface area contributed by atoms with Gasteiger partial charge in [0, 0.05) is 22.6 Å². The van der Waals surface area contributed by atoms with Crippen molar-refractivity contribution in [2.75, 3.05) is 25.1 Å². The molecule has 0 spiro atoms. The van der Waals surface area contributed by atoms with Gasteiger partial charge < -0.3 is 19.7 Å². The van der Waals surface area contributed by atoms with Crippen molar-refractivity contribution in [2.45, 2.75) is 50.7 Å². The second kappa shape index (κ2) is 13.4. The topological polar surface area (TPSA) is 105 Å². The number of halogens is 1. The van der Waals surface area contributed by atoms with Gasteiger partial charge in [-0.2, -0.15) is 0 Å². The summed E-state index contributed by atoms with van der Waals surface area (Å²) in [6, 6.07) is 19.0. The highest BCUT2D eigenvalue weighted by molar-refractivity contribution is 9.10. The van der Waals surface area contributed by atoms with E-state index in [0.717, 1.165) is 14.3 Å². The van der Waals surface area contributed by atoms with Gasteiger partial charge in [0.1, 0.15) is 12.6 Å². The van der Waals surface area contributed by atoms with Crippen LogP contribution < -0.4 is 19.1 Å². The quantitative estimate of drug-likeness (QED) is 0.315. The van der Waals surface area contributed by atoms with Gasteiger partial charge in [0.05, 0.1) is 24.8 Å². The summed E-state index contributed by atoms with van der Waals surface area (Å²) in [7, 11) is -1.28. The first-order valence-corrected chi connectivity index (χ1v) is 15.2. The number of hydrogen-bond donors (Lipinski definition) is 1. The number of nitrogens with zero attached hydrogens (tertiary/aromatic N) is 2. The van der Waals surface area contributed by atoms with Gasteiger partial charge in [-0.25, -0.2) is 8.42 Å². The van der Waals surface area contributed by atoms with Crippen LogP contribution in [0.1, 0.15) is 33.3 Å². The number of benzene rings is 3. The lowest BCUT2D eigenvalue weighted by atomic mass is 10.1. The maximum Gasteiger partial charge on any atom is 0.264 e. The number of nitrogens with one attached hydrogen (secondary N) is 1. The van der Waals surface area contributed by atoms with Crippen molar-refractivity contribution in [1.29, 1.82) is 0 Å². The number of ether oxygens (including phenoxy) is 2. The van der Waals surface area contributed by atoms with E-state index in [1.54, 1.807) is 37.3 Å². The fourth-order valence-electron chi connectivity index (χ4n) is 4.07. The Kier molecular flexibility index (Phi) is 10.4. The Morgan fingerprint density at radius 2 is 1.54 bits per heavy atom. The molecule has 0 saturated carbocycles. The van der Waals surface area contributed by atoms with Gasteiger partial charge in [-0.1, -0.05) is 46.3 Å². The van der Waals surface area contributed by atoms with Crippen molar-refractivity contribution in [3.05, 3.63) is 82.8 Å². The van der Waals surface area contributed by atoms with E-state index in [1.807, 2.05) is 45.0 Å². The summed E-state index contributed by atoms with van der Waals surface area (Å²) in [5, 5.41) is 2.92. The fraction of sp³-hybridized carbons (Fsp3) is 0.333. The van der Waals surface area contributed by atoms with Crippen LogP contribution >= 0.6 is 15.9 Å². The zero-order valence-corrected chi connectivity index (χ0v) is 26.5. The highest BCUT2D eigenvalue weighted by Gasteiger charge is 2.33. The van der Waals surface area contributed by atoms with Gasteiger partial charge in [0.25, 0.3) is 10.0 Å². The molecule has 220 valence electrons. The van der Waals surface area contributed by atoms with E-state index in [2.05, 4.69) is 21.2 Å². The highest BCUT2D eigenvalue weighted by atomic mass is 79.9. The molecule has 11 heteroatoms. The van der Waals surface area contributed by atoms with E-state index >= 15 is 0 Å². The number of methoxy groups -OCH3 is 2. The molecule has 0 heterocycles. The van der Waals surface area contributed by atoms with E-state index < -0.39 is 34.1 Å². The monoisotopic (exact) mass is 645 g/mol. The average molecular weight is 647 g/mol. The van der Waals surface area contributed by atoms with Crippen LogP contribution in [0.3, 0.4) is 0 Å². The Morgan fingerprint density at radius 3 is 2.10 bits per heavy atom. The van der Waals surface area contributed by atoms with Crippen LogP contribution in [0.4, 0.5) is 5.69 Å². The summed E-state index contributed by atoms with van der Waals surface area (Å²) in [4.78, 5) is 28.6. The molecule has 1 N–H and O–H groups in total. The molecule has 0 aromatic heterocycles. The Labute approximate surface area is 250 Å². The van der Waals surface area contributed by atoms with Crippen LogP contribution in [0, 0.1) is 0 Å². The largest absolute Gasteiger partial charge is 0.493 e. The summed E-state index contributed by atoms with van der Waals surface area (Å²) in [6.45, 7) is 6.72. The van der Waals surface area contributed by atoms with Gasteiger partial charge in [0.15, 0.2) is 11.5 Å². The fourth-order valence-corrected chi connectivity index (χ4v) is 5.76. The molecule has 0 saturated heterocycles. The minimum Gasteiger partial charge on any atom is -0.493 e. The summed E-state index contributed by atoms with van der Waals surface area (Å²) in [6.07, 6.45) is 0. The number of carbonyl (C=O) groups excluding carboxylic acids is 2. The third-order valence-corrected chi connectivity index (χ3v) is 8.51. The Balaban J connectivity index is 2.08. The van der Waals surface area contributed by atoms with Crippen molar-refractivity contribution in [3.63, 3.8) is 0 Å². The van der Waals surface area contributed by atoms with Gasteiger partial charge in [-0.15, -0.1) is 0 Å². The number of anilines is 1. The molecule has 3 rings (SSSR count). The van der Waals surface area contributed by atoms with Crippen LogP contribution in [0.5, 0.6) is 11.5 Å². The van der Waals surface area contributed by atoms with E-state index in [0.29, 0.717) is 11.5 Å². The molecule has 3 aromatic carbocycles. The molecule has 0 aliphatic heterocycles. The SMILES string of the molecule is COc1ccc(N(CC(=O)N(Cc2ccc(Br)cc2)[C@@H](C)C(=O)NC(C)(C)C)S(=O)(=O)c2ccccc2)cc1OC. The zero-order valence-electron chi connectivity index (χ0n) is 24.0. The molecule has 2 amide bonds. The van der Waals surface area contributed by atoms with E-state index in [9.17, 15) is 18.0 Å². The Hall–Kier alpha value is -3.57. The minimum atomic E-state index is -4.20. The molecule has 0 aliphatic rings. The van der Waals surface area contributed by atoms with Crippen molar-refractivity contribution >= 4 is 43.5 Å². The average Bonchev–Trinajstić information content (AvgIpc) is 2.94. The molecule has 1 atom stereocenters. The Bertz CT molecular complexity index is 1460. The van der Waals surface area contributed by atoms with Gasteiger partial charge in [-0.05, 0) is 69.7 Å². The van der Waals surface area contributed by atoms with Gasteiger partial charge >= 0.3 is 0 Å². The molecular weight excluding hydrogens is 610 g/mol. The molecule has 0 fully saturated rings. The van der Waals surface area contributed by atoms with Crippen molar-refractivity contribution in [2.24, 2.45) is 0 Å². The van der Waals surface area contributed by atoms with Crippen LogP contribution in [0.2, 0.25) is 0 Å². The molecule has 0 aliphatic carbocycles. The normalized spacial score (nSPS) is 12.3. The lowest BCUT2D eigenvalue weighted by Crippen LogP contribution is -2.54. The molecular formula is C30H36BrN3O6S. The number of amides is 2. The first kappa shape index (κ1) is 32.0. The second-order valence-electron chi connectivity index (χ2n) is 10.4. The van der Waals surface area contributed by atoms with Crippen LogP contribution in [0.15, 0.2) is 82.2 Å². The van der Waals surface area contributed by atoms with E-state index in [-0.39, 0.29) is 23.0 Å². The smallest absolute Gasteiger partial charge is 0.264 e. The molecule has 0 unspecified atom stereocenters. The van der Waals surface area contributed by atoms with Gasteiger partial charge in [0.2, 0.25) is 11.8 Å². The first-order valence-electron chi connectivity index (χ1n) is 12.9. The highest BCUT2D eigenvalue weighted by Crippen LogP contribution is 2.34. The molecule has 41 heavy (non-hydrogen) atoms. The van der Waals surface area contributed by atoms with Crippen LogP contribution in [-0.2, 0) is 26.2 Å². The first-order chi connectivity index (χ1) is 19.3. The molecule has 9 nitrogen and oxygen atoms in total. The molecule has 0 bridgehead atoms. The summed E-state index contributed by atoms with van der Waals surface area (Å²) in [5.41, 5.74) is 0.454. The van der Waals surface area contributed by atoms with E-state index in [4.69, 9.17) is 9.47 Å². The number of hydrogen-bond acceptors (Lipinski definition) is 6. The summed E-state index contributed by atoms with van der Waals surface area (Å²) >= 11 is 3.41. The standard InChI is InChI=1S/C30H36BrN3O6S/c1-21(29(36)32-30(2,3)4)33(19-22-12-14-23(31)15-13-22)28(35)20-34(41(37,38)25-10-8-7-9-11-25)24-16-17-26(39-5)27(18-24)40-6/h7-18,21H,19-20H2,1-6H3,(H,32,36)/t21-/m0/s1. The van der Waals surface area contributed by atoms with Crippen molar-refractivity contribution < 1.29 is 27.5 Å². The predicted molar refractivity (Wildman–Crippen MR) is 163 cm³/mol. The van der Waals surface area contributed by atoms with Crippen LogP contribution in [-0.4, -0.2) is 57.5 Å². The summed E-state index contributed by atoms with van der Waals surface area (Å²) in [5.74, 6) is -0.204. The minimum absolute atomic E-state index is 0.0144. The predicted octanol–water partition coefficient (Wildman–Crippen LogP) is 4.99. The number of rotatable bonds is 11. The third kappa shape index (κ3) is 8.23. The maximum atomic E-state index is 14.0. The van der Waals surface area contributed by atoms with Crippen LogP contribution in [0.25, 0.3) is 0 Å². The molecule has 0 radical (unpaired) electrons. The maximum absolute atomic E-state index is 14.0. The van der Waals surface area contributed by atoms with Gasteiger partial charge in [-0.3, -0.25) is 13.9 Å².